The maximum absolute atomic E-state index is 12.6. The molecule has 1 aliphatic rings. The van der Waals surface area contributed by atoms with E-state index in [1.807, 2.05) is 45.9 Å². The molecule has 39 heavy (non-hydrogen) atoms. The lowest BCUT2D eigenvalue weighted by Crippen LogP contribution is -2.39. The number of carbonyl (C=O) groups is 1. The van der Waals surface area contributed by atoms with Gasteiger partial charge in [-0.2, -0.15) is 0 Å². The number of pyridine rings is 1. The number of amides is 1. The number of hydrogen-bond acceptors (Lipinski definition) is 4. The highest BCUT2D eigenvalue weighted by Gasteiger charge is 2.26. The molecule has 0 saturated carbocycles. The van der Waals surface area contributed by atoms with Crippen molar-refractivity contribution in [2.45, 2.75) is 79.4 Å². The first-order valence-corrected chi connectivity index (χ1v) is 13.8. The molecule has 0 unspecified atom stereocenters. The Hall–Kier alpha value is -3.60. The minimum absolute atomic E-state index is 0.0844. The predicted octanol–water partition coefficient (Wildman–Crippen LogP) is 8.27. The van der Waals surface area contributed by atoms with Gasteiger partial charge in [0.25, 0.3) is 0 Å². The van der Waals surface area contributed by atoms with E-state index in [0.717, 1.165) is 39.4 Å². The quantitative estimate of drug-likeness (QED) is 0.336. The molecule has 1 aliphatic heterocycles. The fourth-order valence-corrected chi connectivity index (χ4v) is 4.83. The Morgan fingerprint density at radius 1 is 0.974 bits per heavy atom. The smallest absolute Gasteiger partial charge is 0.410 e. The van der Waals surface area contributed by atoms with Gasteiger partial charge in [0.05, 0.1) is 5.69 Å². The van der Waals surface area contributed by atoms with Gasteiger partial charge in [-0.05, 0) is 68.7 Å². The Morgan fingerprint density at radius 3 is 2.28 bits per heavy atom. The second-order valence-corrected chi connectivity index (χ2v) is 12.4. The highest BCUT2D eigenvalue weighted by molar-refractivity contribution is 5.78. The van der Waals surface area contributed by atoms with Crippen molar-refractivity contribution < 1.29 is 14.3 Å². The highest BCUT2D eigenvalue weighted by atomic mass is 16.6. The predicted molar refractivity (Wildman–Crippen MR) is 159 cm³/mol. The third-order valence-electron chi connectivity index (χ3n) is 6.95. The van der Waals surface area contributed by atoms with Crippen LogP contribution in [0.3, 0.4) is 0 Å². The van der Waals surface area contributed by atoms with Gasteiger partial charge in [0.15, 0.2) is 0 Å². The first-order chi connectivity index (χ1) is 18.3. The molecule has 1 aromatic heterocycles. The summed E-state index contributed by atoms with van der Waals surface area (Å²) in [6, 6.07) is 18.9. The standard InChI is InChI=1S/C34H42N2O3/c1-23-20-27(33(3,4)5)14-15-28(23)29-21-30(38-22-25-12-10-9-11-13-25)31(24(2)35-29)26-16-18-36(19-17-26)32(37)39-34(6,7)8/h9-16,20-21H,17-19,22H2,1-8H3. The van der Waals surface area contributed by atoms with E-state index in [-0.39, 0.29) is 11.5 Å². The van der Waals surface area contributed by atoms with Crippen molar-refractivity contribution in [3.63, 3.8) is 0 Å². The topological polar surface area (TPSA) is 51.7 Å². The summed E-state index contributed by atoms with van der Waals surface area (Å²) in [6.45, 7) is 18.1. The zero-order valence-corrected chi connectivity index (χ0v) is 24.7. The normalized spacial score (nSPS) is 14.2. The molecule has 0 fully saturated rings. The molecular weight excluding hydrogens is 484 g/mol. The second-order valence-electron chi connectivity index (χ2n) is 12.4. The van der Waals surface area contributed by atoms with Crippen molar-refractivity contribution in [3.05, 3.63) is 88.6 Å². The first-order valence-electron chi connectivity index (χ1n) is 13.8. The van der Waals surface area contributed by atoms with E-state index in [9.17, 15) is 4.79 Å². The number of ether oxygens (including phenoxy) is 2. The Kier molecular flexibility index (Phi) is 8.20. The molecule has 0 saturated heterocycles. The summed E-state index contributed by atoms with van der Waals surface area (Å²) in [7, 11) is 0. The summed E-state index contributed by atoms with van der Waals surface area (Å²) >= 11 is 0. The number of benzene rings is 2. The molecule has 0 N–H and O–H groups in total. The van der Waals surface area contributed by atoms with Gasteiger partial charge in [-0.25, -0.2) is 4.79 Å². The highest BCUT2D eigenvalue weighted by Crippen LogP contribution is 2.37. The molecule has 5 nitrogen and oxygen atoms in total. The van der Waals surface area contributed by atoms with Gasteiger partial charge in [0.2, 0.25) is 0 Å². The van der Waals surface area contributed by atoms with Crippen molar-refractivity contribution in [3.8, 4) is 17.0 Å². The van der Waals surface area contributed by atoms with E-state index in [0.29, 0.717) is 26.1 Å². The minimum atomic E-state index is -0.515. The number of carbonyl (C=O) groups excluding carboxylic acids is 1. The zero-order valence-electron chi connectivity index (χ0n) is 24.7. The van der Waals surface area contributed by atoms with E-state index in [1.54, 1.807) is 4.90 Å². The number of nitrogens with zero attached hydrogens (tertiary/aromatic N) is 2. The molecule has 2 aromatic carbocycles. The molecule has 3 aromatic rings. The zero-order chi connectivity index (χ0) is 28.4. The van der Waals surface area contributed by atoms with Crippen LogP contribution in [0, 0.1) is 13.8 Å². The van der Waals surface area contributed by atoms with E-state index in [2.05, 4.69) is 70.2 Å². The van der Waals surface area contributed by atoms with E-state index in [1.165, 1.54) is 11.1 Å². The van der Waals surface area contributed by atoms with Gasteiger partial charge in [0.1, 0.15) is 18.0 Å². The average Bonchev–Trinajstić information content (AvgIpc) is 2.86. The van der Waals surface area contributed by atoms with Crippen molar-refractivity contribution in [2.24, 2.45) is 0 Å². The van der Waals surface area contributed by atoms with Gasteiger partial charge in [-0.3, -0.25) is 4.98 Å². The van der Waals surface area contributed by atoms with Crippen molar-refractivity contribution in [1.82, 2.24) is 9.88 Å². The van der Waals surface area contributed by atoms with Crippen LogP contribution in [-0.2, 0) is 16.8 Å². The molecule has 0 atom stereocenters. The minimum Gasteiger partial charge on any atom is -0.488 e. The van der Waals surface area contributed by atoms with Gasteiger partial charge in [-0.1, -0.05) is 75.4 Å². The van der Waals surface area contributed by atoms with Crippen LogP contribution in [0.1, 0.15) is 75.9 Å². The molecule has 206 valence electrons. The van der Waals surface area contributed by atoms with E-state index in [4.69, 9.17) is 14.5 Å². The van der Waals surface area contributed by atoms with Crippen LogP contribution in [0.5, 0.6) is 5.75 Å². The lowest BCUT2D eigenvalue weighted by Gasteiger charge is -2.30. The fraction of sp³-hybridized carbons (Fsp3) is 0.412. The Bertz CT molecular complexity index is 1360. The number of aryl methyl sites for hydroxylation is 2. The number of aromatic nitrogens is 1. The number of rotatable bonds is 5. The Morgan fingerprint density at radius 2 is 1.69 bits per heavy atom. The van der Waals surface area contributed by atoms with E-state index < -0.39 is 5.60 Å². The van der Waals surface area contributed by atoms with Crippen LogP contribution >= 0.6 is 0 Å². The summed E-state index contributed by atoms with van der Waals surface area (Å²) in [5.74, 6) is 0.817. The van der Waals surface area contributed by atoms with Crippen LogP contribution in [0.2, 0.25) is 0 Å². The summed E-state index contributed by atoms with van der Waals surface area (Å²) in [5.41, 5.74) is 8.28. The van der Waals surface area contributed by atoms with Gasteiger partial charge < -0.3 is 14.4 Å². The lowest BCUT2D eigenvalue weighted by atomic mass is 9.85. The molecule has 0 spiro atoms. The monoisotopic (exact) mass is 526 g/mol. The largest absolute Gasteiger partial charge is 0.488 e. The first kappa shape index (κ1) is 28.4. The van der Waals surface area contributed by atoms with Crippen molar-refractivity contribution in [2.75, 3.05) is 13.1 Å². The second kappa shape index (κ2) is 11.3. The maximum atomic E-state index is 12.6. The molecule has 0 aliphatic carbocycles. The van der Waals surface area contributed by atoms with Crippen LogP contribution in [0.4, 0.5) is 4.79 Å². The van der Waals surface area contributed by atoms with Crippen LogP contribution in [-0.4, -0.2) is 34.7 Å². The van der Waals surface area contributed by atoms with Crippen LogP contribution < -0.4 is 4.74 Å². The van der Waals surface area contributed by atoms with E-state index >= 15 is 0 Å². The summed E-state index contributed by atoms with van der Waals surface area (Å²) < 4.78 is 12.1. The van der Waals surface area contributed by atoms with Crippen LogP contribution in [0.25, 0.3) is 16.8 Å². The van der Waals surface area contributed by atoms with Gasteiger partial charge >= 0.3 is 6.09 Å². The SMILES string of the molecule is Cc1cc(C(C)(C)C)ccc1-c1cc(OCc2ccccc2)c(C2=CCN(C(=O)OC(C)(C)C)CC2)c(C)n1. The lowest BCUT2D eigenvalue weighted by molar-refractivity contribution is 0.0270. The Balaban J connectivity index is 1.69. The average molecular weight is 527 g/mol. The third kappa shape index (κ3) is 7.08. The summed E-state index contributed by atoms with van der Waals surface area (Å²) in [4.78, 5) is 19.4. The summed E-state index contributed by atoms with van der Waals surface area (Å²) in [5, 5.41) is 0. The molecule has 5 heteroatoms. The molecule has 1 amide bonds. The number of hydrogen-bond donors (Lipinski definition) is 0. The Labute approximate surface area is 233 Å². The van der Waals surface area contributed by atoms with Crippen LogP contribution in [0.15, 0.2) is 60.7 Å². The molecule has 4 rings (SSSR count). The van der Waals surface area contributed by atoms with Gasteiger partial charge in [-0.15, -0.1) is 0 Å². The van der Waals surface area contributed by atoms with Crippen molar-refractivity contribution >= 4 is 11.7 Å². The fourth-order valence-electron chi connectivity index (χ4n) is 4.83. The molecule has 2 heterocycles. The third-order valence-corrected chi connectivity index (χ3v) is 6.95. The molecule has 0 radical (unpaired) electrons. The summed E-state index contributed by atoms with van der Waals surface area (Å²) in [6.07, 6.45) is 2.54. The molecule has 0 bridgehead atoms. The maximum Gasteiger partial charge on any atom is 0.410 e. The van der Waals surface area contributed by atoms with Crippen molar-refractivity contribution in [1.29, 1.82) is 0 Å². The van der Waals surface area contributed by atoms with Gasteiger partial charge in [0, 0.05) is 36.0 Å². The molecular formula is C34H42N2O3.